The van der Waals surface area contributed by atoms with Crippen LogP contribution in [0.3, 0.4) is 0 Å². The predicted octanol–water partition coefficient (Wildman–Crippen LogP) is 1.30. The summed E-state index contributed by atoms with van der Waals surface area (Å²) in [5.74, 6) is 0.907. The van der Waals surface area contributed by atoms with E-state index in [2.05, 4.69) is 0 Å². The minimum Gasteiger partial charge on any atom is -0.322 e. The number of nitrogens with zero attached hydrogens (tertiary/aromatic N) is 1. The normalized spacial score (nSPS) is 8.78. The van der Waals surface area contributed by atoms with Crippen LogP contribution in [0.15, 0.2) is 0 Å². The molecule has 0 spiro atoms. The topological polar surface area (TPSA) is 50.9 Å². The molecule has 0 radical (unpaired) electrons. The summed E-state index contributed by atoms with van der Waals surface area (Å²) in [7, 11) is 1.73. The second-order valence-corrected chi connectivity index (χ2v) is 1.94. The van der Waals surface area contributed by atoms with Gasteiger partial charge in [-0.2, -0.15) is 0 Å². The van der Waals surface area contributed by atoms with Gasteiger partial charge >= 0.3 is 0 Å². The average molecular weight is 127 g/mol. The van der Waals surface area contributed by atoms with Crippen LogP contribution in [0.5, 0.6) is 0 Å². The molecule has 0 unspecified atom stereocenters. The maximum atomic E-state index is 7.26. The molecule has 0 saturated heterocycles. The van der Waals surface area contributed by atoms with Crippen LogP contribution in [0.1, 0.15) is 20.3 Å². The van der Waals surface area contributed by atoms with Gasteiger partial charge in [0.1, 0.15) is 5.84 Å². The van der Waals surface area contributed by atoms with Gasteiger partial charge in [0.25, 0.3) is 0 Å². The minimum absolute atomic E-state index is 0.418. The first-order chi connectivity index (χ1) is 4.09. The lowest BCUT2D eigenvalue weighted by Crippen LogP contribution is -2.29. The van der Waals surface area contributed by atoms with Crippen molar-refractivity contribution < 1.29 is 0 Å². The van der Waals surface area contributed by atoms with Gasteiger partial charge in [-0.15, -0.1) is 0 Å². The fourth-order valence-corrected chi connectivity index (χ4v) is 0.440. The molecule has 0 aromatic heterocycles. The van der Waals surface area contributed by atoms with Crippen molar-refractivity contribution >= 4 is 11.7 Å². The van der Waals surface area contributed by atoms with E-state index < -0.39 is 0 Å². The smallest absolute Gasteiger partial charge is 0.101 e. The van der Waals surface area contributed by atoms with Crippen molar-refractivity contribution in [3.05, 3.63) is 0 Å². The van der Waals surface area contributed by atoms with Gasteiger partial charge in [0.05, 0.1) is 5.84 Å². The summed E-state index contributed by atoms with van der Waals surface area (Å²) in [6.07, 6.45) is 0.687. The maximum absolute atomic E-state index is 7.26. The lowest BCUT2D eigenvalue weighted by molar-refractivity contribution is 0.711. The molecule has 0 aromatic carbocycles. The van der Waals surface area contributed by atoms with Crippen LogP contribution in [0.25, 0.3) is 0 Å². The fourth-order valence-electron chi connectivity index (χ4n) is 0.440. The zero-order valence-corrected chi connectivity index (χ0v) is 6.15. The van der Waals surface area contributed by atoms with E-state index in [9.17, 15) is 0 Å². The third kappa shape index (κ3) is 2.26. The second-order valence-electron chi connectivity index (χ2n) is 1.94. The molecule has 0 aliphatic carbocycles. The number of hydrogen-bond acceptors (Lipinski definition) is 2. The SMILES string of the molecule is CCC(=N)N(C)C(C)=N. The highest BCUT2D eigenvalue weighted by atomic mass is 15.2. The van der Waals surface area contributed by atoms with Gasteiger partial charge in [0, 0.05) is 13.5 Å². The van der Waals surface area contributed by atoms with Crippen LogP contribution in [0, 0.1) is 10.8 Å². The van der Waals surface area contributed by atoms with Crippen molar-refractivity contribution in [2.45, 2.75) is 20.3 Å². The van der Waals surface area contributed by atoms with Crippen molar-refractivity contribution in [3.8, 4) is 0 Å². The Morgan fingerprint density at radius 2 is 1.89 bits per heavy atom. The molecule has 0 amide bonds. The lowest BCUT2D eigenvalue weighted by Gasteiger charge is -2.16. The lowest BCUT2D eigenvalue weighted by atomic mass is 10.4. The van der Waals surface area contributed by atoms with E-state index in [1.165, 1.54) is 0 Å². The van der Waals surface area contributed by atoms with Crippen LogP contribution in [0.2, 0.25) is 0 Å². The Labute approximate surface area is 55.7 Å². The van der Waals surface area contributed by atoms with E-state index >= 15 is 0 Å². The molecule has 0 aliphatic heterocycles. The predicted molar refractivity (Wildman–Crippen MR) is 39.2 cm³/mol. The Balaban J connectivity index is 3.88. The minimum atomic E-state index is 0.418. The Kier molecular flexibility index (Phi) is 2.91. The van der Waals surface area contributed by atoms with Crippen LogP contribution >= 0.6 is 0 Å². The Hall–Kier alpha value is -0.860. The number of nitrogens with one attached hydrogen (secondary N) is 2. The van der Waals surface area contributed by atoms with Crippen molar-refractivity contribution in [2.24, 2.45) is 0 Å². The molecule has 0 fully saturated rings. The molecule has 0 heterocycles. The molecule has 0 saturated carbocycles. The van der Waals surface area contributed by atoms with Gasteiger partial charge in [-0.25, -0.2) is 0 Å². The standard InChI is InChI=1S/C6H13N3/c1-4-6(8)9(3)5(2)7/h7-8H,4H2,1-3H3. The molecule has 0 atom stereocenters. The van der Waals surface area contributed by atoms with E-state index in [4.69, 9.17) is 10.8 Å². The molecule has 52 valence electrons. The quantitative estimate of drug-likeness (QED) is 0.405. The van der Waals surface area contributed by atoms with E-state index in [1.54, 1.807) is 18.9 Å². The first-order valence-corrected chi connectivity index (χ1v) is 2.96. The Morgan fingerprint density at radius 1 is 1.44 bits per heavy atom. The number of amidine groups is 2. The molecule has 9 heavy (non-hydrogen) atoms. The van der Waals surface area contributed by atoms with Crippen molar-refractivity contribution in [1.29, 1.82) is 10.8 Å². The van der Waals surface area contributed by atoms with Gasteiger partial charge in [0.15, 0.2) is 0 Å². The molecule has 0 rings (SSSR count). The zero-order valence-electron chi connectivity index (χ0n) is 6.15. The van der Waals surface area contributed by atoms with Gasteiger partial charge < -0.3 is 4.90 Å². The van der Waals surface area contributed by atoms with E-state index in [0.717, 1.165) is 0 Å². The highest BCUT2D eigenvalue weighted by Crippen LogP contribution is 1.89. The summed E-state index contributed by atoms with van der Waals surface area (Å²) < 4.78 is 0. The largest absolute Gasteiger partial charge is 0.322 e. The monoisotopic (exact) mass is 127 g/mol. The Bertz CT molecular complexity index is 128. The van der Waals surface area contributed by atoms with Gasteiger partial charge in [-0.1, -0.05) is 6.92 Å². The summed E-state index contributed by atoms with van der Waals surface area (Å²) in [6.45, 7) is 3.58. The highest BCUT2D eigenvalue weighted by Gasteiger charge is 2.01. The molecular formula is C6H13N3. The van der Waals surface area contributed by atoms with Gasteiger partial charge in [0.2, 0.25) is 0 Å². The third-order valence-electron chi connectivity index (χ3n) is 1.24. The summed E-state index contributed by atoms with van der Waals surface area (Å²) >= 11 is 0. The van der Waals surface area contributed by atoms with Gasteiger partial charge in [-0.3, -0.25) is 10.8 Å². The fraction of sp³-hybridized carbons (Fsp3) is 0.667. The third-order valence-corrected chi connectivity index (χ3v) is 1.24. The van der Waals surface area contributed by atoms with E-state index in [-0.39, 0.29) is 0 Å². The number of hydrogen-bond donors (Lipinski definition) is 2. The Morgan fingerprint density at radius 3 is 2.00 bits per heavy atom. The highest BCUT2D eigenvalue weighted by molar-refractivity contribution is 5.96. The van der Waals surface area contributed by atoms with Crippen LogP contribution in [-0.4, -0.2) is 23.6 Å². The van der Waals surface area contributed by atoms with Crippen LogP contribution < -0.4 is 0 Å². The van der Waals surface area contributed by atoms with Crippen molar-refractivity contribution in [1.82, 2.24) is 4.90 Å². The van der Waals surface area contributed by atoms with Crippen LogP contribution in [-0.2, 0) is 0 Å². The molecule has 2 N–H and O–H groups in total. The maximum Gasteiger partial charge on any atom is 0.101 e. The molecular weight excluding hydrogens is 114 g/mol. The summed E-state index contributed by atoms with van der Waals surface area (Å²) in [5.41, 5.74) is 0. The van der Waals surface area contributed by atoms with Crippen LogP contribution in [0.4, 0.5) is 0 Å². The van der Waals surface area contributed by atoms with E-state index in [1.807, 2.05) is 6.92 Å². The average Bonchev–Trinajstić information content (AvgIpc) is 1.84. The van der Waals surface area contributed by atoms with Crippen molar-refractivity contribution in [2.75, 3.05) is 7.05 Å². The van der Waals surface area contributed by atoms with Gasteiger partial charge in [-0.05, 0) is 6.92 Å². The molecule has 3 nitrogen and oxygen atoms in total. The first-order valence-electron chi connectivity index (χ1n) is 2.96. The number of rotatable bonds is 1. The molecule has 0 aliphatic rings. The summed E-state index contributed by atoms with van der Waals surface area (Å²) in [6, 6.07) is 0. The summed E-state index contributed by atoms with van der Waals surface area (Å²) in [4.78, 5) is 1.56. The second kappa shape index (κ2) is 3.22. The van der Waals surface area contributed by atoms with Crippen molar-refractivity contribution in [3.63, 3.8) is 0 Å². The molecule has 0 bridgehead atoms. The van der Waals surface area contributed by atoms with E-state index in [0.29, 0.717) is 18.1 Å². The molecule has 0 aromatic rings. The summed E-state index contributed by atoms with van der Waals surface area (Å²) in [5, 5.41) is 14.4. The first kappa shape index (κ1) is 8.14. The zero-order chi connectivity index (χ0) is 7.44. The molecule has 3 heteroatoms.